The van der Waals surface area contributed by atoms with Crippen molar-refractivity contribution in [1.29, 1.82) is 0 Å². The summed E-state index contributed by atoms with van der Waals surface area (Å²) in [4.78, 5) is 0. The molecule has 0 unspecified atom stereocenters. The van der Waals surface area contributed by atoms with E-state index in [1.165, 1.54) is 12.1 Å². The summed E-state index contributed by atoms with van der Waals surface area (Å²) in [5.74, 6) is 0.238. The first kappa shape index (κ1) is 13.1. The molecule has 3 heteroatoms. The normalized spacial score (nSPS) is 11.3. The van der Waals surface area contributed by atoms with E-state index in [0.717, 1.165) is 31.2 Å². The van der Waals surface area contributed by atoms with Gasteiger partial charge < -0.3 is 5.11 Å². The highest BCUT2D eigenvalue weighted by molar-refractivity contribution is 5.31. The molecule has 0 amide bonds. The van der Waals surface area contributed by atoms with Gasteiger partial charge in [-0.25, -0.2) is 0 Å². The third kappa shape index (κ3) is 2.77. The van der Waals surface area contributed by atoms with Crippen LogP contribution >= 0.6 is 0 Å². The Kier molecular flexibility index (Phi) is 4.84. The van der Waals surface area contributed by atoms with E-state index in [-0.39, 0.29) is 5.88 Å². The van der Waals surface area contributed by atoms with E-state index >= 15 is 0 Å². The largest absolute Gasteiger partial charge is 0.492 e. The van der Waals surface area contributed by atoms with Crippen LogP contribution < -0.4 is 0 Å². The van der Waals surface area contributed by atoms with Crippen LogP contribution in [0, 0.1) is 0 Å². The molecule has 1 rings (SSSR count). The van der Waals surface area contributed by atoms with Crippen LogP contribution in [0.15, 0.2) is 0 Å². The Bertz CT molecular complexity index is 329. The summed E-state index contributed by atoms with van der Waals surface area (Å²) in [6.07, 6.45) is 5.34. The van der Waals surface area contributed by atoms with Crippen molar-refractivity contribution in [1.82, 2.24) is 9.78 Å². The second kappa shape index (κ2) is 5.92. The van der Waals surface area contributed by atoms with E-state index in [2.05, 4.69) is 32.8 Å². The van der Waals surface area contributed by atoms with Crippen LogP contribution in [0.4, 0.5) is 0 Å². The van der Waals surface area contributed by atoms with Crippen molar-refractivity contribution in [3.05, 3.63) is 11.3 Å². The molecule has 0 saturated heterocycles. The van der Waals surface area contributed by atoms with E-state index < -0.39 is 0 Å². The van der Waals surface area contributed by atoms with E-state index in [1.807, 2.05) is 4.68 Å². The molecule has 0 bridgehead atoms. The highest BCUT2D eigenvalue weighted by Crippen LogP contribution is 2.26. The number of nitrogens with zero attached hydrogens (tertiary/aromatic N) is 2. The van der Waals surface area contributed by atoms with Crippen LogP contribution in [0.2, 0.25) is 0 Å². The first-order chi connectivity index (χ1) is 7.61. The van der Waals surface area contributed by atoms with Gasteiger partial charge in [-0.3, -0.25) is 4.68 Å². The summed E-state index contributed by atoms with van der Waals surface area (Å²) in [6, 6.07) is 0.323. The zero-order valence-corrected chi connectivity index (χ0v) is 11.0. The quantitative estimate of drug-likeness (QED) is 0.803. The molecule has 1 aromatic heterocycles. The lowest BCUT2D eigenvalue weighted by molar-refractivity contribution is 0.420. The number of rotatable bonds is 6. The van der Waals surface area contributed by atoms with Crippen molar-refractivity contribution in [2.45, 2.75) is 65.8 Å². The Morgan fingerprint density at radius 2 is 1.88 bits per heavy atom. The van der Waals surface area contributed by atoms with Crippen molar-refractivity contribution < 1.29 is 5.11 Å². The predicted molar refractivity (Wildman–Crippen MR) is 66.9 cm³/mol. The van der Waals surface area contributed by atoms with Crippen molar-refractivity contribution in [2.24, 2.45) is 0 Å². The van der Waals surface area contributed by atoms with Gasteiger partial charge in [-0.2, -0.15) is 0 Å². The fourth-order valence-electron chi connectivity index (χ4n) is 2.03. The maximum absolute atomic E-state index is 9.86. The maximum atomic E-state index is 9.86. The minimum absolute atomic E-state index is 0.238. The number of hydrogen-bond donors (Lipinski definition) is 1. The minimum atomic E-state index is 0.238. The lowest BCUT2D eigenvalue weighted by atomic mass is 10.1. The lowest BCUT2D eigenvalue weighted by Gasteiger charge is -2.11. The zero-order chi connectivity index (χ0) is 12.1. The summed E-state index contributed by atoms with van der Waals surface area (Å²) in [7, 11) is 0. The molecule has 1 N–H and O–H groups in total. The molecule has 0 aliphatic carbocycles. The van der Waals surface area contributed by atoms with Crippen LogP contribution in [0.1, 0.15) is 64.3 Å². The second-order valence-corrected chi connectivity index (χ2v) is 4.64. The van der Waals surface area contributed by atoms with Crippen LogP contribution in [-0.4, -0.2) is 14.9 Å². The molecule has 0 aliphatic heterocycles. The average molecular weight is 224 g/mol. The average Bonchev–Trinajstić information content (AvgIpc) is 2.54. The van der Waals surface area contributed by atoms with Crippen molar-refractivity contribution >= 4 is 0 Å². The van der Waals surface area contributed by atoms with Gasteiger partial charge in [0.1, 0.15) is 0 Å². The molecule has 0 radical (unpaired) electrons. The van der Waals surface area contributed by atoms with E-state index in [9.17, 15) is 5.11 Å². The van der Waals surface area contributed by atoms with Crippen LogP contribution in [-0.2, 0) is 12.8 Å². The van der Waals surface area contributed by atoms with Crippen molar-refractivity contribution in [3.8, 4) is 5.88 Å². The predicted octanol–water partition coefficient (Wildman–Crippen LogP) is 3.46. The molecule has 0 atom stereocenters. The molecule has 3 nitrogen and oxygen atoms in total. The Labute approximate surface area is 98.5 Å². The van der Waals surface area contributed by atoms with E-state index in [0.29, 0.717) is 6.04 Å². The zero-order valence-electron chi connectivity index (χ0n) is 11.0. The third-order valence-electron chi connectivity index (χ3n) is 2.85. The fourth-order valence-corrected chi connectivity index (χ4v) is 2.03. The highest BCUT2D eigenvalue weighted by Gasteiger charge is 2.17. The van der Waals surface area contributed by atoms with Crippen molar-refractivity contribution in [2.75, 3.05) is 0 Å². The summed E-state index contributed by atoms with van der Waals surface area (Å²) in [5.41, 5.74) is 2.29. The molecule has 0 saturated carbocycles. The van der Waals surface area contributed by atoms with Gasteiger partial charge in [0.25, 0.3) is 0 Å². The number of aromatic hydroxyl groups is 1. The number of aromatic nitrogens is 2. The van der Waals surface area contributed by atoms with E-state index in [1.54, 1.807) is 0 Å². The first-order valence-electron chi connectivity index (χ1n) is 6.41. The Morgan fingerprint density at radius 3 is 2.38 bits per heavy atom. The van der Waals surface area contributed by atoms with Gasteiger partial charge in [0.15, 0.2) is 0 Å². The Hall–Kier alpha value is -0.990. The minimum Gasteiger partial charge on any atom is -0.492 e. The van der Waals surface area contributed by atoms with Gasteiger partial charge in [-0.05, 0) is 33.1 Å². The fraction of sp³-hybridized carbons (Fsp3) is 0.769. The third-order valence-corrected chi connectivity index (χ3v) is 2.85. The smallest absolute Gasteiger partial charge is 0.233 e. The van der Waals surface area contributed by atoms with Gasteiger partial charge in [-0.1, -0.05) is 26.7 Å². The van der Waals surface area contributed by atoms with Crippen molar-refractivity contribution in [3.63, 3.8) is 0 Å². The van der Waals surface area contributed by atoms with Gasteiger partial charge in [0.2, 0.25) is 5.88 Å². The molecule has 1 heterocycles. The molecule has 0 fully saturated rings. The van der Waals surface area contributed by atoms with Crippen LogP contribution in [0.3, 0.4) is 0 Å². The number of hydrogen-bond acceptors (Lipinski definition) is 2. The summed E-state index contributed by atoms with van der Waals surface area (Å²) in [5, 5.41) is 14.1. The number of unbranched alkanes of at least 4 members (excludes halogenated alkanes) is 1. The van der Waals surface area contributed by atoms with Crippen LogP contribution in [0.25, 0.3) is 0 Å². The monoisotopic (exact) mass is 224 g/mol. The van der Waals surface area contributed by atoms with Gasteiger partial charge in [0.05, 0.1) is 0 Å². The highest BCUT2D eigenvalue weighted by atomic mass is 16.3. The van der Waals surface area contributed by atoms with E-state index in [4.69, 9.17) is 0 Å². The van der Waals surface area contributed by atoms with Gasteiger partial charge >= 0.3 is 0 Å². The lowest BCUT2D eigenvalue weighted by Crippen LogP contribution is -2.08. The summed E-state index contributed by atoms with van der Waals surface area (Å²) < 4.78 is 1.98. The molecular formula is C13H24N2O. The molecule has 1 aromatic rings. The molecule has 0 aliphatic rings. The topological polar surface area (TPSA) is 38.1 Å². The Balaban J connectivity index is 3.04. The molecule has 16 heavy (non-hydrogen) atoms. The first-order valence-corrected chi connectivity index (χ1v) is 6.41. The van der Waals surface area contributed by atoms with Gasteiger partial charge in [0, 0.05) is 17.3 Å². The standard InChI is InChI=1S/C13H24N2O/c1-5-7-9-12-11(8-6-2)13(16)14-15(12)10(3)4/h10H,5-9H2,1-4H3,(H,14,16). The van der Waals surface area contributed by atoms with Crippen LogP contribution in [0.5, 0.6) is 5.88 Å². The van der Waals surface area contributed by atoms with Gasteiger partial charge in [-0.15, -0.1) is 5.10 Å². The molecule has 0 spiro atoms. The molecule has 92 valence electrons. The molecule has 0 aromatic carbocycles. The molecular weight excluding hydrogens is 200 g/mol. The SMILES string of the molecule is CCCCc1c(CCC)c(O)nn1C(C)C. The summed E-state index contributed by atoms with van der Waals surface area (Å²) in [6.45, 7) is 8.54. The Morgan fingerprint density at radius 1 is 1.19 bits per heavy atom. The second-order valence-electron chi connectivity index (χ2n) is 4.64. The maximum Gasteiger partial charge on any atom is 0.233 e. The summed E-state index contributed by atoms with van der Waals surface area (Å²) >= 11 is 0.